The van der Waals surface area contributed by atoms with Gasteiger partial charge in [-0.05, 0) is 18.8 Å². The number of aryl methyl sites for hydroxylation is 1. The van der Waals surface area contributed by atoms with Crippen molar-refractivity contribution < 1.29 is 9.53 Å². The number of carbonyl (C=O) groups excluding carboxylic acids is 1. The van der Waals surface area contributed by atoms with E-state index in [9.17, 15) is 4.79 Å². The molecule has 1 rings (SSSR count). The molecule has 1 aromatic rings. The zero-order valence-electron chi connectivity index (χ0n) is 10.2. The number of esters is 1. The molecule has 0 aliphatic heterocycles. The number of rotatable bonds is 6. The fourth-order valence-corrected chi connectivity index (χ4v) is 1.94. The average molecular weight is 241 g/mol. The smallest absolute Gasteiger partial charge is 0.306 e. The molecule has 0 bridgehead atoms. The van der Waals surface area contributed by atoms with E-state index in [-0.39, 0.29) is 5.97 Å². The first-order valence-electron chi connectivity index (χ1n) is 5.70. The maximum absolute atomic E-state index is 11.4. The number of ether oxygens (including phenoxy) is 1. The fraction of sp³-hybridized carbons (Fsp3) is 0.667. The molecule has 16 heavy (non-hydrogen) atoms. The van der Waals surface area contributed by atoms with Gasteiger partial charge in [-0.3, -0.25) is 4.79 Å². The van der Waals surface area contributed by atoms with Crippen LogP contribution in [0.2, 0.25) is 0 Å². The van der Waals surface area contributed by atoms with Gasteiger partial charge in [-0.15, -0.1) is 11.3 Å². The van der Waals surface area contributed by atoms with Gasteiger partial charge in [0, 0.05) is 11.8 Å². The highest BCUT2D eigenvalue weighted by atomic mass is 32.1. The molecule has 0 atom stereocenters. The summed E-state index contributed by atoms with van der Waals surface area (Å²) in [4.78, 5) is 15.7. The van der Waals surface area contributed by atoms with Crippen molar-refractivity contribution in [3.63, 3.8) is 0 Å². The molecule has 0 aliphatic rings. The molecule has 3 nitrogen and oxygen atoms in total. The van der Waals surface area contributed by atoms with Crippen LogP contribution in [0.4, 0.5) is 0 Å². The van der Waals surface area contributed by atoms with Crippen molar-refractivity contribution in [2.24, 2.45) is 5.92 Å². The standard InChI is InChI=1S/C12H19NO2S/c1-4-11-13-10(8-16-11)7-15-12(14)6-5-9(2)3/h8-9H,4-7H2,1-3H3. The monoisotopic (exact) mass is 241 g/mol. The van der Waals surface area contributed by atoms with Gasteiger partial charge in [0.25, 0.3) is 0 Å². The zero-order chi connectivity index (χ0) is 12.0. The summed E-state index contributed by atoms with van der Waals surface area (Å²) in [7, 11) is 0. The van der Waals surface area contributed by atoms with E-state index in [4.69, 9.17) is 4.74 Å². The number of nitrogens with zero attached hydrogens (tertiary/aromatic N) is 1. The van der Waals surface area contributed by atoms with Gasteiger partial charge in [-0.2, -0.15) is 0 Å². The van der Waals surface area contributed by atoms with Gasteiger partial charge in [0.1, 0.15) is 6.61 Å². The molecule has 0 unspecified atom stereocenters. The Morgan fingerprint density at radius 3 is 2.88 bits per heavy atom. The molecule has 4 heteroatoms. The van der Waals surface area contributed by atoms with Crippen molar-refractivity contribution in [1.82, 2.24) is 4.98 Å². The quantitative estimate of drug-likeness (QED) is 0.718. The molecule has 0 fully saturated rings. The molecule has 90 valence electrons. The van der Waals surface area contributed by atoms with E-state index < -0.39 is 0 Å². The predicted octanol–water partition coefficient (Wildman–Crippen LogP) is 3.18. The molecule has 0 saturated carbocycles. The Kier molecular flexibility index (Phi) is 5.46. The minimum absolute atomic E-state index is 0.125. The molecule has 0 N–H and O–H groups in total. The van der Waals surface area contributed by atoms with E-state index in [1.807, 2.05) is 5.38 Å². The lowest BCUT2D eigenvalue weighted by Crippen LogP contribution is -2.06. The van der Waals surface area contributed by atoms with E-state index in [1.165, 1.54) is 0 Å². The summed E-state index contributed by atoms with van der Waals surface area (Å²) in [5.41, 5.74) is 0.861. The molecule has 0 radical (unpaired) electrons. The SMILES string of the molecule is CCc1nc(COC(=O)CCC(C)C)cs1. The van der Waals surface area contributed by atoms with Crippen LogP contribution >= 0.6 is 11.3 Å². The number of hydrogen-bond acceptors (Lipinski definition) is 4. The molecule has 1 aromatic heterocycles. The van der Waals surface area contributed by atoms with Gasteiger partial charge in [-0.25, -0.2) is 4.98 Å². The Balaban J connectivity index is 2.26. The molecule has 0 spiro atoms. The second-order valence-electron chi connectivity index (χ2n) is 4.18. The lowest BCUT2D eigenvalue weighted by Gasteiger charge is -2.04. The topological polar surface area (TPSA) is 39.2 Å². The highest BCUT2D eigenvalue weighted by Crippen LogP contribution is 2.12. The summed E-state index contributed by atoms with van der Waals surface area (Å²) in [6.07, 6.45) is 2.32. The Bertz CT molecular complexity index is 334. The van der Waals surface area contributed by atoms with Crippen molar-refractivity contribution in [1.29, 1.82) is 0 Å². The Hall–Kier alpha value is -0.900. The third-order valence-corrected chi connectivity index (χ3v) is 3.25. The largest absolute Gasteiger partial charge is 0.459 e. The first kappa shape index (κ1) is 13.2. The maximum Gasteiger partial charge on any atom is 0.306 e. The van der Waals surface area contributed by atoms with Gasteiger partial charge in [0.2, 0.25) is 0 Å². The van der Waals surface area contributed by atoms with Crippen LogP contribution in [0.15, 0.2) is 5.38 Å². The van der Waals surface area contributed by atoms with E-state index in [0.29, 0.717) is 18.9 Å². The highest BCUT2D eigenvalue weighted by molar-refractivity contribution is 7.09. The van der Waals surface area contributed by atoms with Crippen molar-refractivity contribution in [3.8, 4) is 0 Å². The molecule has 0 aromatic carbocycles. The summed E-state index contributed by atoms with van der Waals surface area (Å²) < 4.78 is 5.14. The molecule has 1 heterocycles. The number of aromatic nitrogens is 1. The van der Waals surface area contributed by atoms with Gasteiger partial charge in [-0.1, -0.05) is 20.8 Å². The number of thiazole rings is 1. The first-order chi connectivity index (χ1) is 7.61. The number of hydrogen-bond donors (Lipinski definition) is 0. The van der Waals surface area contributed by atoms with Gasteiger partial charge < -0.3 is 4.74 Å². The van der Waals surface area contributed by atoms with Crippen LogP contribution in [0.5, 0.6) is 0 Å². The van der Waals surface area contributed by atoms with Crippen LogP contribution in [-0.4, -0.2) is 11.0 Å². The molecular formula is C12H19NO2S. The summed E-state index contributed by atoms with van der Waals surface area (Å²) in [5.74, 6) is 0.415. The summed E-state index contributed by atoms with van der Waals surface area (Å²) in [6.45, 7) is 6.58. The van der Waals surface area contributed by atoms with Crippen LogP contribution in [0.25, 0.3) is 0 Å². The summed E-state index contributed by atoms with van der Waals surface area (Å²) >= 11 is 1.62. The highest BCUT2D eigenvalue weighted by Gasteiger charge is 2.06. The lowest BCUT2D eigenvalue weighted by molar-refractivity contribution is -0.145. The van der Waals surface area contributed by atoms with Crippen molar-refractivity contribution >= 4 is 17.3 Å². The summed E-state index contributed by atoms with van der Waals surface area (Å²) in [6, 6.07) is 0. The average Bonchev–Trinajstić information content (AvgIpc) is 2.71. The zero-order valence-corrected chi connectivity index (χ0v) is 11.0. The third kappa shape index (κ3) is 4.75. The third-order valence-electron chi connectivity index (χ3n) is 2.21. The molecular weight excluding hydrogens is 222 g/mol. The Morgan fingerprint density at radius 2 is 2.31 bits per heavy atom. The van der Waals surface area contributed by atoms with Gasteiger partial charge in [0.05, 0.1) is 10.7 Å². The van der Waals surface area contributed by atoms with E-state index in [0.717, 1.165) is 23.5 Å². The molecule has 0 saturated heterocycles. The second-order valence-corrected chi connectivity index (χ2v) is 5.12. The Labute approximate surface area is 101 Å². The van der Waals surface area contributed by atoms with Gasteiger partial charge in [0.15, 0.2) is 0 Å². The minimum atomic E-state index is -0.125. The van der Waals surface area contributed by atoms with Crippen LogP contribution in [0.3, 0.4) is 0 Å². The van der Waals surface area contributed by atoms with Crippen molar-refractivity contribution in [2.45, 2.75) is 46.6 Å². The second kappa shape index (κ2) is 6.63. The maximum atomic E-state index is 11.4. The molecule has 0 amide bonds. The summed E-state index contributed by atoms with van der Waals surface area (Å²) in [5, 5.41) is 3.04. The van der Waals surface area contributed by atoms with Crippen molar-refractivity contribution in [3.05, 3.63) is 16.1 Å². The van der Waals surface area contributed by atoms with Crippen molar-refractivity contribution in [2.75, 3.05) is 0 Å². The van der Waals surface area contributed by atoms with E-state index >= 15 is 0 Å². The van der Waals surface area contributed by atoms with Crippen LogP contribution in [0, 0.1) is 5.92 Å². The first-order valence-corrected chi connectivity index (χ1v) is 6.58. The van der Waals surface area contributed by atoms with E-state index in [2.05, 4.69) is 25.8 Å². The molecule has 0 aliphatic carbocycles. The fourth-order valence-electron chi connectivity index (χ4n) is 1.21. The van der Waals surface area contributed by atoms with Crippen LogP contribution in [0.1, 0.15) is 44.3 Å². The van der Waals surface area contributed by atoms with Gasteiger partial charge >= 0.3 is 5.97 Å². The predicted molar refractivity (Wildman–Crippen MR) is 65.4 cm³/mol. The Morgan fingerprint density at radius 1 is 1.56 bits per heavy atom. The number of carbonyl (C=O) groups is 1. The van der Waals surface area contributed by atoms with E-state index in [1.54, 1.807) is 11.3 Å². The minimum Gasteiger partial charge on any atom is -0.459 e. The normalized spacial score (nSPS) is 10.8. The van der Waals surface area contributed by atoms with Crippen LogP contribution < -0.4 is 0 Å². The van der Waals surface area contributed by atoms with Crippen LogP contribution in [-0.2, 0) is 22.6 Å². The lowest BCUT2D eigenvalue weighted by atomic mass is 10.1.